The second-order valence-electron chi connectivity index (χ2n) is 3.60. The molecular formula is C11H13FN2O. The molecule has 0 aliphatic carbocycles. The summed E-state index contributed by atoms with van der Waals surface area (Å²) in [6.45, 7) is 1.41. The maximum atomic E-state index is 12.7. The fourth-order valence-electron chi connectivity index (χ4n) is 1.54. The minimum Gasteiger partial charge on any atom is -0.481 e. The lowest BCUT2D eigenvalue weighted by molar-refractivity contribution is 0.329. The van der Waals surface area contributed by atoms with Crippen LogP contribution in [0.2, 0.25) is 0 Å². The van der Waals surface area contributed by atoms with Crippen LogP contribution in [0.5, 0.6) is 0 Å². The highest BCUT2D eigenvalue weighted by Crippen LogP contribution is 2.14. The number of hydrogen-bond acceptors (Lipinski definition) is 3. The van der Waals surface area contributed by atoms with Gasteiger partial charge in [-0.05, 0) is 24.3 Å². The Morgan fingerprint density at radius 1 is 1.47 bits per heavy atom. The molecule has 0 radical (unpaired) electrons. The van der Waals surface area contributed by atoms with E-state index in [0.29, 0.717) is 6.61 Å². The smallest absolute Gasteiger partial charge is 0.169 e. The Bertz CT molecular complexity index is 350. The summed E-state index contributed by atoms with van der Waals surface area (Å²) in [7, 11) is 1.96. The summed E-state index contributed by atoms with van der Waals surface area (Å²) in [6, 6.07) is 6.62. The standard InChI is InChI=1S/C11H13FN2O/c1-14(6-10-7-15-8-13-10)11-4-2-9(12)3-5-11/h2-5,8,10H,6-7H2,1H3. The van der Waals surface area contributed by atoms with Gasteiger partial charge in [0, 0.05) is 19.3 Å². The molecule has 1 heterocycles. The normalized spacial score (nSPS) is 18.9. The van der Waals surface area contributed by atoms with Crippen LogP contribution in [0.4, 0.5) is 10.1 Å². The zero-order valence-electron chi connectivity index (χ0n) is 8.56. The van der Waals surface area contributed by atoms with Gasteiger partial charge in [-0.15, -0.1) is 0 Å². The Hall–Kier alpha value is -1.58. The summed E-state index contributed by atoms with van der Waals surface area (Å²) < 4.78 is 17.7. The van der Waals surface area contributed by atoms with Crippen LogP contribution in [0, 0.1) is 5.82 Å². The summed E-state index contributed by atoms with van der Waals surface area (Å²) >= 11 is 0. The van der Waals surface area contributed by atoms with Crippen LogP contribution < -0.4 is 4.90 Å². The van der Waals surface area contributed by atoms with E-state index in [1.165, 1.54) is 18.5 Å². The van der Waals surface area contributed by atoms with Crippen LogP contribution in [-0.4, -0.2) is 32.6 Å². The van der Waals surface area contributed by atoms with Crippen LogP contribution >= 0.6 is 0 Å². The van der Waals surface area contributed by atoms with E-state index in [0.717, 1.165) is 12.2 Å². The third kappa shape index (κ3) is 2.46. The maximum absolute atomic E-state index is 12.7. The second-order valence-corrected chi connectivity index (χ2v) is 3.60. The fraction of sp³-hybridized carbons (Fsp3) is 0.364. The molecule has 0 aromatic heterocycles. The summed E-state index contributed by atoms with van der Waals surface area (Å²) in [5, 5.41) is 0. The summed E-state index contributed by atoms with van der Waals surface area (Å²) in [5.41, 5.74) is 0.985. The zero-order valence-corrected chi connectivity index (χ0v) is 8.56. The second kappa shape index (κ2) is 4.29. The maximum Gasteiger partial charge on any atom is 0.169 e. The number of hydrogen-bond donors (Lipinski definition) is 0. The van der Waals surface area contributed by atoms with Crippen molar-refractivity contribution >= 4 is 12.1 Å². The number of nitrogens with zero attached hydrogens (tertiary/aromatic N) is 2. The number of anilines is 1. The average Bonchev–Trinajstić information content (AvgIpc) is 2.71. The molecule has 15 heavy (non-hydrogen) atoms. The Morgan fingerprint density at radius 2 is 2.20 bits per heavy atom. The van der Waals surface area contributed by atoms with Crippen molar-refractivity contribution in [2.75, 3.05) is 25.1 Å². The Kier molecular flexibility index (Phi) is 2.85. The van der Waals surface area contributed by atoms with Crippen molar-refractivity contribution in [3.05, 3.63) is 30.1 Å². The lowest BCUT2D eigenvalue weighted by atomic mass is 10.2. The van der Waals surface area contributed by atoms with Crippen molar-refractivity contribution in [1.82, 2.24) is 0 Å². The molecule has 3 nitrogen and oxygen atoms in total. The third-order valence-electron chi connectivity index (χ3n) is 2.39. The van der Waals surface area contributed by atoms with Gasteiger partial charge in [-0.3, -0.25) is 0 Å². The zero-order chi connectivity index (χ0) is 10.7. The summed E-state index contributed by atoms with van der Waals surface area (Å²) in [4.78, 5) is 6.19. The molecule has 80 valence electrons. The van der Waals surface area contributed by atoms with Gasteiger partial charge < -0.3 is 9.64 Å². The van der Waals surface area contributed by atoms with Crippen LogP contribution in [-0.2, 0) is 4.74 Å². The summed E-state index contributed by atoms with van der Waals surface area (Å²) in [5.74, 6) is -0.214. The van der Waals surface area contributed by atoms with Gasteiger partial charge in [0.2, 0.25) is 0 Å². The molecule has 1 unspecified atom stereocenters. The van der Waals surface area contributed by atoms with Gasteiger partial charge in [0.15, 0.2) is 6.40 Å². The highest BCUT2D eigenvalue weighted by Gasteiger charge is 2.14. The number of ether oxygens (including phenoxy) is 1. The highest BCUT2D eigenvalue weighted by molar-refractivity contribution is 5.50. The third-order valence-corrected chi connectivity index (χ3v) is 2.39. The lowest BCUT2D eigenvalue weighted by Gasteiger charge is -2.20. The van der Waals surface area contributed by atoms with Gasteiger partial charge in [0.05, 0.1) is 0 Å². The van der Waals surface area contributed by atoms with Gasteiger partial charge in [-0.1, -0.05) is 0 Å². The quantitative estimate of drug-likeness (QED) is 0.755. The van der Waals surface area contributed by atoms with Gasteiger partial charge in [-0.25, -0.2) is 9.38 Å². The van der Waals surface area contributed by atoms with Crippen molar-refractivity contribution in [3.8, 4) is 0 Å². The first-order chi connectivity index (χ1) is 7.25. The molecule has 0 saturated heterocycles. The number of likely N-dealkylation sites (N-methyl/N-ethyl adjacent to an activating group) is 1. The van der Waals surface area contributed by atoms with Gasteiger partial charge >= 0.3 is 0 Å². The van der Waals surface area contributed by atoms with Crippen LogP contribution in [0.3, 0.4) is 0 Å². The van der Waals surface area contributed by atoms with E-state index in [4.69, 9.17) is 4.74 Å². The molecule has 0 spiro atoms. The van der Waals surface area contributed by atoms with Crippen molar-refractivity contribution < 1.29 is 9.13 Å². The number of rotatable bonds is 3. The van der Waals surface area contributed by atoms with E-state index >= 15 is 0 Å². The van der Waals surface area contributed by atoms with Crippen LogP contribution in [0.25, 0.3) is 0 Å². The largest absolute Gasteiger partial charge is 0.481 e. The van der Waals surface area contributed by atoms with E-state index in [9.17, 15) is 4.39 Å². The van der Waals surface area contributed by atoms with Gasteiger partial charge in [-0.2, -0.15) is 0 Å². The molecule has 4 heteroatoms. The van der Waals surface area contributed by atoms with Crippen LogP contribution in [0.1, 0.15) is 0 Å². The highest BCUT2D eigenvalue weighted by atomic mass is 19.1. The fourth-order valence-corrected chi connectivity index (χ4v) is 1.54. The molecule has 0 amide bonds. The molecule has 2 rings (SSSR count). The molecule has 0 fully saturated rings. The van der Waals surface area contributed by atoms with E-state index in [1.54, 1.807) is 12.1 Å². The van der Waals surface area contributed by atoms with Crippen molar-refractivity contribution in [1.29, 1.82) is 0 Å². The molecule has 0 saturated carbocycles. The molecule has 1 aromatic carbocycles. The Morgan fingerprint density at radius 3 is 2.80 bits per heavy atom. The van der Waals surface area contributed by atoms with Gasteiger partial charge in [0.25, 0.3) is 0 Å². The topological polar surface area (TPSA) is 24.8 Å². The Labute approximate surface area is 88.2 Å². The number of aliphatic imine (C=N–C) groups is 1. The Balaban J connectivity index is 1.97. The predicted molar refractivity (Wildman–Crippen MR) is 57.9 cm³/mol. The van der Waals surface area contributed by atoms with Crippen LogP contribution in [0.15, 0.2) is 29.3 Å². The molecule has 1 aromatic rings. The first-order valence-electron chi connectivity index (χ1n) is 4.85. The van der Waals surface area contributed by atoms with Crippen molar-refractivity contribution in [2.24, 2.45) is 4.99 Å². The summed E-state index contributed by atoms with van der Waals surface area (Å²) in [6.07, 6.45) is 1.49. The molecule has 1 aliphatic heterocycles. The molecule has 0 bridgehead atoms. The van der Waals surface area contributed by atoms with E-state index in [2.05, 4.69) is 4.99 Å². The monoisotopic (exact) mass is 208 g/mol. The first kappa shape index (κ1) is 9.96. The molecule has 1 aliphatic rings. The van der Waals surface area contributed by atoms with Crippen molar-refractivity contribution in [3.63, 3.8) is 0 Å². The first-order valence-corrected chi connectivity index (χ1v) is 4.85. The SMILES string of the molecule is CN(CC1COC=N1)c1ccc(F)cc1. The number of halogens is 1. The van der Waals surface area contributed by atoms with Crippen molar-refractivity contribution in [2.45, 2.75) is 6.04 Å². The predicted octanol–water partition coefficient (Wildman–Crippen LogP) is 1.69. The molecule has 1 atom stereocenters. The van der Waals surface area contributed by atoms with E-state index < -0.39 is 0 Å². The van der Waals surface area contributed by atoms with Gasteiger partial charge in [0.1, 0.15) is 18.5 Å². The van der Waals surface area contributed by atoms with E-state index in [-0.39, 0.29) is 11.9 Å². The molecular weight excluding hydrogens is 195 g/mol. The average molecular weight is 208 g/mol. The number of benzene rings is 1. The minimum absolute atomic E-state index is 0.181. The lowest BCUT2D eigenvalue weighted by Crippen LogP contribution is -2.28. The minimum atomic E-state index is -0.214. The van der Waals surface area contributed by atoms with E-state index in [1.807, 2.05) is 11.9 Å². The molecule has 0 N–H and O–H groups in total.